The molecule has 0 spiro atoms. The van der Waals surface area contributed by atoms with Gasteiger partial charge in [0, 0.05) is 6.54 Å². The number of aryl methyl sites for hydroxylation is 1. The zero-order valence-electron chi connectivity index (χ0n) is 12.7. The second-order valence-electron chi connectivity index (χ2n) is 6.48. The summed E-state index contributed by atoms with van der Waals surface area (Å²) in [6.07, 6.45) is 0.656. The van der Waals surface area contributed by atoms with Crippen molar-refractivity contribution in [3.63, 3.8) is 0 Å². The van der Waals surface area contributed by atoms with E-state index in [1.165, 1.54) is 11.1 Å². The molecule has 1 aliphatic rings. The molecular formula is C16H24N2O2. The van der Waals surface area contributed by atoms with Crippen LogP contribution in [-0.2, 0) is 10.3 Å². The molecule has 1 unspecified atom stereocenters. The molecule has 1 atom stereocenters. The number of ether oxygens (including phenoxy) is 1. The lowest BCUT2D eigenvalue weighted by atomic mass is 9.80. The monoisotopic (exact) mass is 276 g/mol. The third kappa shape index (κ3) is 3.51. The summed E-state index contributed by atoms with van der Waals surface area (Å²) in [6.45, 7) is 9.19. The summed E-state index contributed by atoms with van der Waals surface area (Å²) in [5.74, 6) is 0. The van der Waals surface area contributed by atoms with Crippen molar-refractivity contribution in [2.75, 3.05) is 13.1 Å². The van der Waals surface area contributed by atoms with Crippen LogP contribution in [0.2, 0.25) is 0 Å². The number of rotatable bonds is 3. The Hall–Kier alpha value is -1.55. The van der Waals surface area contributed by atoms with Gasteiger partial charge in [0.15, 0.2) is 0 Å². The van der Waals surface area contributed by atoms with Gasteiger partial charge < -0.3 is 15.4 Å². The fourth-order valence-electron chi connectivity index (χ4n) is 2.34. The summed E-state index contributed by atoms with van der Waals surface area (Å²) >= 11 is 0. The molecule has 4 nitrogen and oxygen atoms in total. The molecule has 4 heteroatoms. The lowest BCUT2D eigenvalue weighted by Crippen LogP contribution is -2.60. The average molecular weight is 276 g/mol. The van der Waals surface area contributed by atoms with E-state index in [4.69, 9.17) is 4.74 Å². The largest absolute Gasteiger partial charge is 0.444 e. The number of amides is 1. The van der Waals surface area contributed by atoms with Gasteiger partial charge in [0.1, 0.15) is 5.60 Å². The lowest BCUT2D eigenvalue weighted by Gasteiger charge is -2.44. The van der Waals surface area contributed by atoms with Gasteiger partial charge in [-0.15, -0.1) is 0 Å². The van der Waals surface area contributed by atoms with Crippen molar-refractivity contribution >= 4 is 6.09 Å². The summed E-state index contributed by atoms with van der Waals surface area (Å²) in [4.78, 5) is 11.8. The summed E-state index contributed by atoms with van der Waals surface area (Å²) in [5.41, 5.74) is 1.84. The van der Waals surface area contributed by atoms with Crippen molar-refractivity contribution in [3.05, 3.63) is 35.4 Å². The van der Waals surface area contributed by atoms with Crippen molar-refractivity contribution in [2.24, 2.45) is 0 Å². The van der Waals surface area contributed by atoms with Crippen molar-refractivity contribution < 1.29 is 9.53 Å². The molecule has 0 saturated carbocycles. The average Bonchev–Trinajstić information content (AvgIpc) is 2.27. The highest BCUT2D eigenvalue weighted by Crippen LogP contribution is 2.30. The van der Waals surface area contributed by atoms with E-state index in [0.29, 0.717) is 6.54 Å². The van der Waals surface area contributed by atoms with Crippen molar-refractivity contribution in [1.29, 1.82) is 0 Å². The Labute approximate surface area is 120 Å². The van der Waals surface area contributed by atoms with Gasteiger partial charge in [0.2, 0.25) is 0 Å². The van der Waals surface area contributed by atoms with Crippen LogP contribution in [0.15, 0.2) is 24.3 Å². The number of hydrogen-bond donors (Lipinski definition) is 2. The van der Waals surface area contributed by atoms with Crippen LogP contribution in [0.1, 0.15) is 38.3 Å². The minimum absolute atomic E-state index is 0.148. The Morgan fingerprint density at radius 1 is 1.35 bits per heavy atom. The molecule has 0 bridgehead atoms. The Kier molecular flexibility index (Phi) is 4.04. The molecule has 1 saturated heterocycles. The summed E-state index contributed by atoms with van der Waals surface area (Å²) in [7, 11) is 0. The predicted octanol–water partition coefficient (Wildman–Crippen LogP) is 2.71. The molecule has 0 aliphatic carbocycles. The van der Waals surface area contributed by atoms with Crippen LogP contribution >= 0.6 is 0 Å². The van der Waals surface area contributed by atoms with Crippen LogP contribution in [0, 0.1) is 6.92 Å². The van der Waals surface area contributed by atoms with Gasteiger partial charge in [-0.1, -0.05) is 29.8 Å². The second-order valence-corrected chi connectivity index (χ2v) is 6.48. The molecule has 1 amide bonds. The first-order valence-electron chi connectivity index (χ1n) is 7.10. The number of nitrogens with one attached hydrogen (secondary N) is 2. The van der Waals surface area contributed by atoms with Gasteiger partial charge in [-0.2, -0.15) is 0 Å². The van der Waals surface area contributed by atoms with Crippen molar-refractivity contribution in [2.45, 2.75) is 45.3 Å². The quantitative estimate of drug-likeness (QED) is 0.892. The molecule has 2 N–H and O–H groups in total. The number of carbonyl (C=O) groups is 1. The third-order valence-electron chi connectivity index (χ3n) is 3.55. The smallest absolute Gasteiger partial charge is 0.407 e. The van der Waals surface area contributed by atoms with Gasteiger partial charge >= 0.3 is 6.09 Å². The maximum atomic E-state index is 11.8. The minimum atomic E-state index is -0.464. The molecule has 0 radical (unpaired) electrons. The number of alkyl carbamates (subject to hydrolysis) is 1. The fourth-order valence-corrected chi connectivity index (χ4v) is 2.34. The zero-order valence-corrected chi connectivity index (χ0v) is 12.7. The van der Waals surface area contributed by atoms with Gasteiger partial charge in [-0.05, 0) is 46.2 Å². The first-order chi connectivity index (χ1) is 9.31. The predicted molar refractivity (Wildman–Crippen MR) is 79.7 cm³/mol. The van der Waals surface area contributed by atoms with E-state index in [-0.39, 0.29) is 11.6 Å². The molecule has 2 rings (SSSR count). The highest BCUT2D eigenvalue weighted by molar-refractivity contribution is 5.67. The van der Waals surface area contributed by atoms with E-state index in [2.05, 4.69) is 41.8 Å². The molecule has 1 heterocycles. The summed E-state index contributed by atoms with van der Waals surface area (Å²) in [6, 6.07) is 8.45. The van der Waals surface area contributed by atoms with E-state index in [1.807, 2.05) is 20.8 Å². The Balaban J connectivity index is 1.98. The van der Waals surface area contributed by atoms with Crippen LogP contribution in [0.4, 0.5) is 4.79 Å². The van der Waals surface area contributed by atoms with Crippen LogP contribution in [-0.4, -0.2) is 24.8 Å². The van der Waals surface area contributed by atoms with Crippen LogP contribution in [0.3, 0.4) is 0 Å². The van der Waals surface area contributed by atoms with E-state index >= 15 is 0 Å². The van der Waals surface area contributed by atoms with Crippen LogP contribution in [0.5, 0.6) is 0 Å². The highest BCUT2D eigenvalue weighted by atomic mass is 16.6. The van der Waals surface area contributed by atoms with Gasteiger partial charge in [0.25, 0.3) is 0 Å². The summed E-state index contributed by atoms with van der Waals surface area (Å²) < 4.78 is 5.28. The molecular weight excluding hydrogens is 252 g/mol. The summed E-state index contributed by atoms with van der Waals surface area (Å²) in [5, 5.41) is 6.31. The highest BCUT2D eigenvalue weighted by Gasteiger charge is 2.38. The molecule has 110 valence electrons. The second kappa shape index (κ2) is 5.44. The first-order valence-corrected chi connectivity index (χ1v) is 7.10. The number of carbonyl (C=O) groups excluding carboxylic acids is 1. The normalized spacial score (nSPS) is 22.0. The van der Waals surface area contributed by atoms with E-state index < -0.39 is 5.60 Å². The van der Waals surface area contributed by atoms with Crippen molar-refractivity contribution in [1.82, 2.24) is 10.6 Å². The number of hydrogen-bond acceptors (Lipinski definition) is 3. The Morgan fingerprint density at radius 2 is 1.95 bits per heavy atom. The molecule has 0 aromatic heterocycles. The molecule has 20 heavy (non-hydrogen) atoms. The minimum Gasteiger partial charge on any atom is -0.444 e. The maximum absolute atomic E-state index is 11.8. The molecule has 1 aromatic carbocycles. The number of benzene rings is 1. The topological polar surface area (TPSA) is 50.4 Å². The molecule has 1 aliphatic heterocycles. The van der Waals surface area contributed by atoms with Crippen LogP contribution in [0.25, 0.3) is 0 Å². The van der Waals surface area contributed by atoms with Crippen molar-refractivity contribution in [3.8, 4) is 0 Å². The fraction of sp³-hybridized carbons (Fsp3) is 0.562. The Bertz CT molecular complexity index is 470. The van der Waals surface area contributed by atoms with E-state index in [9.17, 15) is 4.79 Å². The van der Waals surface area contributed by atoms with Gasteiger partial charge in [-0.25, -0.2) is 4.79 Å². The first kappa shape index (κ1) is 14.9. The molecule has 1 aromatic rings. The maximum Gasteiger partial charge on any atom is 0.407 e. The van der Waals surface area contributed by atoms with Gasteiger partial charge in [-0.3, -0.25) is 0 Å². The molecule has 1 fully saturated rings. The Morgan fingerprint density at radius 3 is 2.40 bits per heavy atom. The zero-order chi connectivity index (χ0) is 14.8. The SMILES string of the molecule is Cc1ccc(C2(CNC(=O)OC(C)(C)C)CCN2)cc1. The third-order valence-corrected chi connectivity index (χ3v) is 3.55. The van der Waals surface area contributed by atoms with Gasteiger partial charge in [0.05, 0.1) is 5.54 Å². The van der Waals surface area contributed by atoms with E-state index in [1.54, 1.807) is 0 Å². The van der Waals surface area contributed by atoms with E-state index in [0.717, 1.165) is 13.0 Å². The standard InChI is InChI=1S/C16H24N2O2/c1-12-5-7-13(8-6-12)16(9-10-18-16)11-17-14(19)20-15(2,3)4/h5-8,18H,9-11H2,1-4H3,(H,17,19). The lowest BCUT2D eigenvalue weighted by molar-refractivity contribution is 0.0491. The van der Waals surface area contributed by atoms with Crippen LogP contribution < -0.4 is 10.6 Å².